The van der Waals surface area contributed by atoms with Crippen molar-refractivity contribution in [1.29, 1.82) is 0 Å². The minimum absolute atomic E-state index is 0.00472. The zero-order valence-corrected chi connectivity index (χ0v) is 13.2. The molecule has 3 nitrogen and oxygen atoms in total. The van der Waals surface area contributed by atoms with Crippen LogP contribution in [0.3, 0.4) is 0 Å². The summed E-state index contributed by atoms with van der Waals surface area (Å²) in [6, 6.07) is 9.71. The first-order valence-electron chi connectivity index (χ1n) is 6.07. The van der Waals surface area contributed by atoms with E-state index in [1.807, 2.05) is 44.2 Å². The van der Waals surface area contributed by atoms with Crippen LogP contribution in [0.15, 0.2) is 30.3 Å². The van der Waals surface area contributed by atoms with E-state index in [0.29, 0.717) is 11.4 Å². The number of benzene rings is 1. The molecule has 0 fully saturated rings. The Kier molecular flexibility index (Phi) is 6.32. The summed E-state index contributed by atoms with van der Waals surface area (Å²) in [5.74, 6) is 0.137. The molecule has 0 amide bonds. The lowest BCUT2D eigenvalue weighted by molar-refractivity contribution is 0.573. The van der Waals surface area contributed by atoms with Crippen molar-refractivity contribution in [3.8, 4) is 0 Å². The highest BCUT2D eigenvalue weighted by Gasteiger charge is 2.16. The number of alkyl halides is 1. The van der Waals surface area contributed by atoms with Gasteiger partial charge in [-0.2, -0.15) is 0 Å². The maximum absolute atomic E-state index is 11.9. The van der Waals surface area contributed by atoms with E-state index < -0.39 is 10.0 Å². The van der Waals surface area contributed by atoms with Crippen LogP contribution < -0.4 is 4.72 Å². The normalized spacial score (nSPS) is 15.3. The molecule has 0 radical (unpaired) electrons. The number of hydrogen-bond donors (Lipinski definition) is 1. The third-order valence-corrected chi connectivity index (χ3v) is 4.74. The Hall–Kier alpha value is -0.390. The van der Waals surface area contributed by atoms with Gasteiger partial charge in [-0.15, -0.1) is 0 Å². The van der Waals surface area contributed by atoms with Gasteiger partial charge in [0.2, 0.25) is 10.0 Å². The second kappa shape index (κ2) is 7.26. The van der Waals surface area contributed by atoms with Gasteiger partial charge in [0.15, 0.2) is 0 Å². The van der Waals surface area contributed by atoms with Crippen molar-refractivity contribution >= 4 is 26.0 Å². The highest BCUT2D eigenvalue weighted by molar-refractivity contribution is 9.09. The summed E-state index contributed by atoms with van der Waals surface area (Å²) < 4.78 is 26.4. The molecule has 0 aromatic heterocycles. The Morgan fingerprint density at radius 3 is 2.39 bits per heavy atom. The first-order chi connectivity index (χ1) is 8.41. The highest BCUT2D eigenvalue weighted by Crippen LogP contribution is 2.16. The second-order valence-corrected chi connectivity index (χ2v) is 7.97. The van der Waals surface area contributed by atoms with Gasteiger partial charge in [0.25, 0.3) is 0 Å². The quantitative estimate of drug-likeness (QED) is 0.780. The van der Waals surface area contributed by atoms with Crippen LogP contribution in [0.4, 0.5) is 0 Å². The molecule has 0 aliphatic heterocycles. The Labute approximate surface area is 118 Å². The molecule has 0 saturated heterocycles. The van der Waals surface area contributed by atoms with Gasteiger partial charge in [0.1, 0.15) is 0 Å². The van der Waals surface area contributed by atoms with Gasteiger partial charge in [0, 0.05) is 11.4 Å². The fourth-order valence-electron chi connectivity index (χ4n) is 1.68. The molecule has 1 rings (SSSR count). The van der Waals surface area contributed by atoms with Crippen molar-refractivity contribution in [2.75, 3.05) is 12.3 Å². The second-order valence-electron chi connectivity index (χ2n) is 4.56. The van der Waals surface area contributed by atoms with Gasteiger partial charge >= 0.3 is 0 Å². The van der Waals surface area contributed by atoms with Crippen molar-refractivity contribution in [2.45, 2.75) is 31.0 Å². The van der Waals surface area contributed by atoms with Crippen LogP contribution in [-0.4, -0.2) is 25.5 Å². The van der Waals surface area contributed by atoms with E-state index in [-0.39, 0.29) is 11.7 Å². The van der Waals surface area contributed by atoms with Crippen molar-refractivity contribution in [2.24, 2.45) is 0 Å². The molecule has 18 heavy (non-hydrogen) atoms. The summed E-state index contributed by atoms with van der Waals surface area (Å²) in [4.78, 5) is 0.326. The molecule has 0 aliphatic rings. The maximum Gasteiger partial charge on any atom is 0.212 e. The van der Waals surface area contributed by atoms with Gasteiger partial charge in [-0.1, -0.05) is 60.1 Å². The van der Waals surface area contributed by atoms with E-state index in [2.05, 4.69) is 20.7 Å². The summed E-state index contributed by atoms with van der Waals surface area (Å²) in [5, 5.41) is 0. The predicted molar refractivity (Wildman–Crippen MR) is 79.7 cm³/mol. The van der Waals surface area contributed by atoms with Gasteiger partial charge < -0.3 is 0 Å². The van der Waals surface area contributed by atoms with Crippen molar-refractivity contribution in [3.05, 3.63) is 35.9 Å². The lowest BCUT2D eigenvalue weighted by Gasteiger charge is -2.13. The molecule has 0 saturated carbocycles. The minimum Gasteiger partial charge on any atom is -0.215 e. The molecule has 0 aliphatic carbocycles. The number of sulfonamides is 1. The van der Waals surface area contributed by atoms with E-state index in [1.165, 1.54) is 0 Å². The third-order valence-electron chi connectivity index (χ3n) is 2.70. The Bertz CT molecular complexity index is 445. The highest BCUT2D eigenvalue weighted by atomic mass is 79.9. The van der Waals surface area contributed by atoms with Crippen LogP contribution in [0.25, 0.3) is 0 Å². The van der Waals surface area contributed by atoms with Gasteiger partial charge in [-0.25, -0.2) is 13.1 Å². The van der Waals surface area contributed by atoms with Crippen LogP contribution >= 0.6 is 15.9 Å². The summed E-state index contributed by atoms with van der Waals surface area (Å²) >= 11 is 3.39. The standard InChI is InChI=1S/C13H20BrNO2S/c1-11(13-6-4-3-5-7-13)10-18(16,17)15-9-8-12(2)14/h3-7,11-12,15H,8-10H2,1-2H3. The van der Waals surface area contributed by atoms with Crippen LogP contribution in [0, 0.1) is 0 Å². The Balaban J connectivity index is 2.50. The molecule has 1 aromatic carbocycles. The van der Waals surface area contributed by atoms with Crippen molar-refractivity contribution in [1.82, 2.24) is 4.72 Å². The molecule has 1 aromatic rings. The maximum atomic E-state index is 11.9. The lowest BCUT2D eigenvalue weighted by Crippen LogP contribution is -2.30. The fraction of sp³-hybridized carbons (Fsp3) is 0.538. The average Bonchev–Trinajstić information content (AvgIpc) is 2.28. The van der Waals surface area contributed by atoms with Crippen LogP contribution in [0.2, 0.25) is 0 Å². The molecular weight excluding hydrogens is 314 g/mol. The lowest BCUT2D eigenvalue weighted by atomic mass is 10.0. The fourth-order valence-corrected chi connectivity index (χ4v) is 3.31. The van der Waals surface area contributed by atoms with Gasteiger partial charge in [-0.3, -0.25) is 0 Å². The van der Waals surface area contributed by atoms with Crippen molar-refractivity contribution < 1.29 is 8.42 Å². The van der Waals surface area contributed by atoms with E-state index >= 15 is 0 Å². The molecule has 2 atom stereocenters. The van der Waals surface area contributed by atoms with E-state index in [1.54, 1.807) is 0 Å². The number of halogens is 1. The van der Waals surface area contributed by atoms with Crippen molar-refractivity contribution in [3.63, 3.8) is 0 Å². The minimum atomic E-state index is -3.20. The van der Waals surface area contributed by atoms with E-state index in [0.717, 1.165) is 12.0 Å². The summed E-state index contributed by atoms with van der Waals surface area (Å²) in [7, 11) is -3.20. The Morgan fingerprint density at radius 1 is 1.22 bits per heavy atom. The molecule has 0 heterocycles. The first kappa shape index (κ1) is 15.7. The van der Waals surface area contributed by atoms with Gasteiger partial charge in [-0.05, 0) is 17.9 Å². The Morgan fingerprint density at radius 2 is 1.83 bits per heavy atom. The SMILES string of the molecule is CC(Br)CCNS(=O)(=O)CC(C)c1ccccc1. The van der Waals surface area contributed by atoms with E-state index in [9.17, 15) is 8.42 Å². The summed E-state index contributed by atoms with van der Waals surface area (Å²) in [6.07, 6.45) is 0.791. The topological polar surface area (TPSA) is 46.2 Å². The zero-order chi connectivity index (χ0) is 13.6. The van der Waals surface area contributed by atoms with Crippen LogP contribution in [0.1, 0.15) is 31.7 Å². The molecule has 2 unspecified atom stereocenters. The predicted octanol–water partition coefficient (Wildman–Crippen LogP) is 2.88. The van der Waals surface area contributed by atoms with Crippen LogP contribution in [0.5, 0.6) is 0 Å². The first-order valence-corrected chi connectivity index (χ1v) is 8.64. The molecule has 102 valence electrons. The number of hydrogen-bond acceptors (Lipinski definition) is 2. The molecular formula is C13H20BrNO2S. The monoisotopic (exact) mass is 333 g/mol. The van der Waals surface area contributed by atoms with Gasteiger partial charge in [0.05, 0.1) is 5.75 Å². The zero-order valence-electron chi connectivity index (χ0n) is 10.8. The average molecular weight is 334 g/mol. The number of rotatable bonds is 7. The van der Waals surface area contributed by atoms with E-state index in [4.69, 9.17) is 0 Å². The largest absolute Gasteiger partial charge is 0.215 e. The molecule has 1 N–H and O–H groups in total. The number of nitrogens with one attached hydrogen (secondary N) is 1. The summed E-state index contributed by atoms with van der Waals surface area (Å²) in [6.45, 7) is 4.42. The molecule has 5 heteroatoms. The summed E-state index contributed by atoms with van der Waals surface area (Å²) in [5.41, 5.74) is 1.05. The third kappa shape index (κ3) is 5.98. The molecule has 0 bridgehead atoms. The smallest absolute Gasteiger partial charge is 0.212 e. The molecule has 0 spiro atoms. The van der Waals surface area contributed by atoms with Crippen LogP contribution in [-0.2, 0) is 10.0 Å².